The van der Waals surface area contributed by atoms with Crippen molar-refractivity contribution >= 4 is 11.8 Å². The predicted octanol–water partition coefficient (Wildman–Crippen LogP) is 3.22. The first-order valence-electron chi connectivity index (χ1n) is 5.35. The third kappa shape index (κ3) is 4.04. The molecule has 98 valence electrons. The fourth-order valence-electron chi connectivity index (χ4n) is 1.26. The van der Waals surface area contributed by atoms with Crippen molar-refractivity contribution in [1.82, 2.24) is 0 Å². The molecule has 0 aliphatic heterocycles. The van der Waals surface area contributed by atoms with Crippen LogP contribution in [0.1, 0.15) is 26.3 Å². The van der Waals surface area contributed by atoms with Crippen LogP contribution in [0.2, 0.25) is 0 Å². The quantitative estimate of drug-likeness (QED) is 0.350. The van der Waals surface area contributed by atoms with Crippen LogP contribution in [0.5, 0.6) is 5.75 Å². The van der Waals surface area contributed by atoms with Crippen LogP contribution in [0.15, 0.2) is 18.2 Å². The first-order chi connectivity index (χ1) is 8.19. The molecule has 6 nitrogen and oxygen atoms in total. The number of rotatable bonds is 2. The number of aryl methyl sites for hydroxylation is 1. The Labute approximate surface area is 105 Å². The summed E-state index contributed by atoms with van der Waals surface area (Å²) >= 11 is 0. The molecule has 1 aromatic rings. The fourth-order valence-corrected chi connectivity index (χ4v) is 1.26. The average Bonchev–Trinajstić information content (AvgIpc) is 2.13. The van der Waals surface area contributed by atoms with Gasteiger partial charge in [0.2, 0.25) is 0 Å². The maximum atomic E-state index is 11.4. The van der Waals surface area contributed by atoms with Crippen molar-refractivity contribution in [2.45, 2.75) is 33.3 Å². The molecular formula is C12H15NO5. The Hall–Kier alpha value is -2.11. The third-order valence-corrected chi connectivity index (χ3v) is 1.96. The van der Waals surface area contributed by atoms with Crippen molar-refractivity contribution in [2.75, 3.05) is 0 Å². The number of hydrogen-bond donors (Lipinski definition) is 0. The second-order valence-corrected chi connectivity index (χ2v) is 4.77. The largest absolute Gasteiger partial charge is 0.514 e. The zero-order valence-electron chi connectivity index (χ0n) is 10.7. The van der Waals surface area contributed by atoms with Crippen LogP contribution < -0.4 is 4.74 Å². The van der Waals surface area contributed by atoms with E-state index >= 15 is 0 Å². The van der Waals surface area contributed by atoms with E-state index in [0.717, 1.165) is 0 Å². The Bertz CT molecular complexity index is 476. The molecule has 0 aliphatic rings. The Morgan fingerprint density at radius 2 is 1.94 bits per heavy atom. The van der Waals surface area contributed by atoms with Gasteiger partial charge in [-0.25, -0.2) is 4.79 Å². The average molecular weight is 253 g/mol. The summed E-state index contributed by atoms with van der Waals surface area (Å²) in [5.41, 5.74) is -0.250. The summed E-state index contributed by atoms with van der Waals surface area (Å²) in [6, 6.07) is 4.06. The molecule has 0 fully saturated rings. The van der Waals surface area contributed by atoms with Crippen LogP contribution in [-0.4, -0.2) is 16.7 Å². The molecule has 0 atom stereocenters. The highest BCUT2D eigenvalue weighted by atomic mass is 16.7. The van der Waals surface area contributed by atoms with Gasteiger partial charge in [0.25, 0.3) is 5.69 Å². The summed E-state index contributed by atoms with van der Waals surface area (Å²) in [5, 5.41) is 10.6. The van der Waals surface area contributed by atoms with E-state index in [1.807, 2.05) is 0 Å². The lowest BCUT2D eigenvalue weighted by Crippen LogP contribution is -2.25. The van der Waals surface area contributed by atoms with E-state index < -0.39 is 16.7 Å². The van der Waals surface area contributed by atoms with Gasteiger partial charge in [-0.2, -0.15) is 0 Å². The molecule has 0 bridgehead atoms. The monoisotopic (exact) mass is 253 g/mol. The highest BCUT2D eigenvalue weighted by Gasteiger charge is 2.19. The highest BCUT2D eigenvalue weighted by molar-refractivity contribution is 5.64. The summed E-state index contributed by atoms with van der Waals surface area (Å²) in [5.74, 6) is 0.215. The van der Waals surface area contributed by atoms with Crippen LogP contribution in [-0.2, 0) is 4.74 Å². The molecule has 18 heavy (non-hydrogen) atoms. The van der Waals surface area contributed by atoms with E-state index in [0.29, 0.717) is 5.56 Å². The van der Waals surface area contributed by atoms with E-state index in [-0.39, 0.29) is 11.4 Å². The molecule has 0 amide bonds. The van der Waals surface area contributed by atoms with Gasteiger partial charge in [0.05, 0.1) is 4.92 Å². The molecule has 0 unspecified atom stereocenters. The van der Waals surface area contributed by atoms with E-state index in [1.165, 1.54) is 18.2 Å². The number of carbonyl (C=O) groups excluding carboxylic acids is 1. The zero-order valence-corrected chi connectivity index (χ0v) is 10.7. The molecule has 0 saturated heterocycles. The molecule has 0 aliphatic carbocycles. The van der Waals surface area contributed by atoms with Gasteiger partial charge in [-0.3, -0.25) is 10.1 Å². The van der Waals surface area contributed by atoms with Crippen molar-refractivity contribution < 1.29 is 19.2 Å². The lowest BCUT2D eigenvalue weighted by Gasteiger charge is -2.18. The molecule has 0 radical (unpaired) electrons. The van der Waals surface area contributed by atoms with Gasteiger partial charge < -0.3 is 9.47 Å². The number of nitrogens with zero attached hydrogens (tertiary/aromatic N) is 1. The Balaban J connectivity index is 2.78. The number of nitro groups is 1. The lowest BCUT2D eigenvalue weighted by molar-refractivity contribution is -0.385. The van der Waals surface area contributed by atoms with Crippen LogP contribution in [0, 0.1) is 17.0 Å². The zero-order chi connectivity index (χ0) is 13.9. The number of nitro benzene ring substituents is 1. The Kier molecular flexibility index (Phi) is 3.90. The van der Waals surface area contributed by atoms with Crippen molar-refractivity contribution in [2.24, 2.45) is 0 Å². The van der Waals surface area contributed by atoms with Gasteiger partial charge in [-0.1, -0.05) is 0 Å². The topological polar surface area (TPSA) is 78.7 Å². The minimum atomic E-state index is -0.837. The van der Waals surface area contributed by atoms with Gasteiger partial charge >= 0.3 is 6.16 Å². The minimum Gasteiger partial charge on any atom is -0.428 e. The first-order valence-corrected chi connectivity index (χ1v) is 5.35. The summed E-state index contributed by atoms with van der Waals surface area (Å²) in [4.78, 5) is 21.5. The van der Waals surface area contributed by atoms with Crippen LogP contribution in [0.3, 0.4) is 0 Å². The van der Waals surface area contributed by atoms with Crippen molar-refractivity contribution in [3.63, 3.8) is 0 Å². The lowest BCUT2D eigenvalue weighted by atomic mass is 10.2. The molecule has 6 heteroatoms. The number of hydrogen-bond acceptors (Lipinski definition) is 5. The Morgan fingerprint density at radius 3 is 2.39 bits per heavy atom. The smallest absolute Gasteiger partial charge is 0.428 e. The fraction of sp³-hybridized carbons (Fsp3) is 0.417. The predicted molar refractivity (Wildman–Crippen MR) is 64.7 cm³/mol. The van der Waals surface area contributed by atoms with Gasteiger partial charge in [0, 0.05) is 11.6 Å². The minimum absolute atomic E-state index is 0.0217. The Morgan fingerprint density at radius 1 is 1.33 bits per heavy atom. The van der Waals surface area contributed by atoms with Gasteiger partial charge in [0.15, 0.2) is 0 Å². The maximum absolute atomic E-state index is 11.4. The van der Waals surface area contributed by atoms with Gasteiger partial charge in [-0.05, 0) is 39.8 Å². The van der Waals surface area contributed by atoms with Crippen LogP contribution in [0.25, 0.3) is 0 Å². The summed E-state index contributed by atoms with van der Waals surface area (Å²) in [7, 11) is 0. The molecule has 1 rings (SSSR count). The standard InChI is InChI=1S/C12H15NO5/c1-8-7-9(5-6-10(8)13(15)16)17-11(14)18-12(2,3)4/h5-7H,1-4H3. The molecule has 0 spiro atoms. The first kappa shape index (κ1) is 14.0. The van der Waals surface area contributed by atoms with Crippen molar-refractivity contribution in [3.05, 3.63) is 33.9 Å². The third-order valence-electron chi connectivity index (χ3n) is 1.96. The second kappa shape index (κ2) is 5.03. The van der Waals surface area contributed by atoms with E-state index in [1.54, 1.807) is 27.7 Å². The van der Waals surface area contributed by atoms with Gasteiger partial charge in [-0.15, -0.1) is 0 Å². The number of carbonyl (C=O) groups is 1. The molecule has 0 saturated carbocycles. The molecule has 0 heterocycles. The summed E-state index contributed by atoms with van der Waals surface area (Å²) in [6.07, 6.45) is -0.837. The highest BCUT2D eigenvalue weighted by Crippen LogP contribution is 2.23. The maximum Gasteiger partial charge on any atom is 0.514 e. The molecule has 0 aromatic heterocycles. The van der Waals surface area contributed by atoms with Crippen LogP contribution in [0.4, 0.5) is 10.5 Å². The van der Waals surface area contributed by atoms with E-state index in [9.17, 15) is 14.9 Å². The summed E-state index contributed by atoms with van der Waals surface area (Å²) in [6.45, 7) is 6.72. The SMILES string of the molecule is Cc1cc(OC(=O)OC(C)(C)C)ccc1[N+](=O)[O-]. The van der Waals surface area contributed by atoms with Crippen molar-refractivity contribution in [1.29, 1.82) is 0 Å². The molecule has 1 aromatic carbocycles. The second-order valence-electron chi connectivity index (χ2n) is 4.77. The summed E-state index contributed by atoms with van der Waals surface area (Å²) < 4.78 is 9.89. The van der Waals surface area contributed by atoms with Gasteiger partial charge in [0.1, 0.15) is 11.4 Å². The van der Waals surface area contributed by atoms with Crippen LogP contribution >= 0.6 is 0 Å². The van der Waals surface area contributed by atoms with Crippen molar-refractivity contribution in [3.8, 4) is 5.75 Å². The number of benzene rings is 1. The molecule has 0 N–H and O–H groups in total. The normalized spacial score (nSPS) is 10.9. The molecular weight excluding hydrogens is 238 g/mol. The van der Waals surface area contributed by atoms with E-state index in [2.05, 4.69) is 0 Å². The van der Waals surface area contributed by atoms with E-state index in [4.69, 9.17) is 9.47 Å². The number of ether oxygens (including phenoxy) is 2.